The lowest BCUT2D eigenvalue weighted by Gasteiger charge is -2.12. The van der Waals surface area contributed by atoms with Crippen LogP contribution in [0, 0.1) is 0 Å². The van der Waals surface area contributed by atoms with Crippen molar-refractivity contribution in [1.82, 2.24) is 9.78 Å². The Bertz CT molecular complexity index is 754. The summed E-state index contributed by atoms with van der Waals surface area (Å²) in [6, 6.07) is 4.12. The number of nitrogens with zero attached hydrogens (tertiary/aromatic N) is 2. The number of aromatic nitrogens is 2. The highest BCUT2D eigenvalue weighted by Gasteiger charge is 2.21. The number of benzene rings is 1. The second-order valence-corrected chi connectivity index (χ2v) is 6.55. The van der Waals surface area contributed by atoms with Crippen LogP contribution in [0.1, 0.15) is 15.9 Å². The first-order chi connectivity index (χ1) is 9.30. The number of hydrogen-bond acceptors (Lipinski definition) is 4. The van der Waals surface area contributed by atoms with Crippen molar-refractivity contribution in [3.05, 3.63) is 46.7 Å². The number of carboxylic acid groups (broad SMARTS) is 1. The van der Waals surface area contributed by atoms with Crippen LogP contribution in [0.25, 0.3) is 0 Å². The molecule has 2 aromatic rings. The number of rotatable bonds is 4. The number of aromatic carboxylic acids is 1. The van der Waals surface area contributed by atoms with Crippen LogP contribution >= 0.6 is 11.6 Å². The molecule has 0 atom stereocenters. The standard InChI is InChI=1S/C12H11ClN2O4S/c1-20(18,19)10-4-3-8(12(16)17)11(13)9(10)7-15-6-2-5-14-15/h2-6H,7H2,1H3,(H,16,17). The summed E-state index contributed by atoms with van der Waals surface area (Å²) in [6.07, 6.45) is 4.22. The van der Waals surface area contributed by atoms with Gasteiger partial charge in [0.05, 0.1) is 22.0 Å². The molecule has 1 aromatic carbocycles. The Morgan fingerprint density at radius 3 is 2.65 bits per heavy atom. The molecule has 0 spiro atoms. The third-order valence-electron chi connectivity index (χ3n) is 2.71. The molecule has 106 valence electrons. The lowest BCUT2D eigenvalue weighted by Crippen LogP contribution is -2.11. The van der Waals surface area contributed by atoms with Crippen LogP contribution in [0.15, 0.2) is 35.5 Å². The summed E-state index contributed by atoms with van der Waals surface area (Å²) in [7, 11) is -3.52. The second-order valence-electron chi connectivity index (χ2n) is 4.18. The van der Waals surface area contributed by atoms with Gasteiger partial charge in [0.1, 0.15) is 0 Å². The molecule has 1 N–H and O–H groups in total. The summed E-state index contributed by atoms with van der Waals surface area (Å²) < 4.78 is 25.0. The fraction of sp³-hybridized carbons (Fsp3) is 0.167. The van der Waals surface area contributed by atoms with Gasteiger partial charge in [-0.1, -0.05) is 11.6 Å². The van der Waals surface area contributed by atoms with Gasteiger partial charge in [0.25, 0.3) is 0 Å². The van der Waals surface area contributed by atoms with E-state index >= 15 is 0 Å². The maximum absolute atomic E-state index is 11.8. The largest absolute Gasteiger partial charge is 0.478 e. The minimum absolute atomic E-state index is 0.00278. The monoisotopic (exact) mass is 314 g/mol. The minimum atomic E-state index is -3.52. The van der Waals surface area contributed by atoms with E-state index in [1.165, 1.54) is 23.0 Å². The van der Waals surface area contributed by atoms with E-state index in [0.29, 0.717) is 0 Å². The molecular formula is C12H11ClN2O4S. The Balaban J connectivity index is 2.65. The molecule has 0 saturated carbocycles. The lowest BCUT2D eigenvalue weighted by atomic mass is 10.1. The Kier molecular flexibility index (Phi) is 3.82. The molecule has 6 nitrogen and oxygen atoms in total. The first-order valence-corrected chi connectivity index (χ1v) is 7.80. The average Bonchev–Trinajstić information content (AvgIpc) is 2.82. The van der Waals surface area contributed by atoms with Crippen LogP contribution in [0.5, 0.6) is 0 Å². The smallest absolute Gasteiger partial charge is 0.337 e. The fourth-order valence-electron chi connectivity index (χ4n) is 1.82. The maximum atomic E-state index is 11.8. The molecule has 0 fully saturated rings. The van der Waals surface area contributed by atoms with Crippen molar-refractivity contribution in [1.29, 1.82) is 0 Å². The minimum Gasteiger partial charge on any atom is -0.478 e. The molecule has 0 unspecified atom stereocenters. The molecule has 0 aliphatic heterocycles. The van der Waals surface area contributed by atoms with Crippen molar-refractivity contribution in [3.8, 4) is 0 Å². The predicted octanol–water partition coefficient (Wildman–Crippen LogP) is 1.69. The van der Waals surface area contributed by atoms with Crippen LogP contribution in [-0.2, 0) is 16.4 Å². The highest BCUT2D eigenvalue weighted by Crippen LogP contribution is 2.28. The van der Waals surface area contributed by atoms with Gasteiger partial charge in [-0.25, -0.2) is 13.2 Å². The number of carboxylic acids is 1. The third-order valence-corrected chi connectivity index (χ3v) is 4.32. The molecule has 2 rings (SSSR count). The van der Waals surface area contributed by atoms with Crippen LogP contribution in [0.3, 0.4) is 0 Å². The number of carbonyl (C=O) groups is 1. The zero-order valence-corrected chi connectivity index (χ0v) is 12.0. The summed E-state index contributed by atoms with van der Waals surface area (Å²) >= 11 is 6.05. The van der Waals surface area contributed by atoms with E-state index in [9.17, 15) is 13.2 Å². The van der Waals surface area contributed by atoms with E-state index < -0.39 is 15.8 Å². The first kappa shape index (κ1) is 14.5. The van der Waals surface area contributed by atoms with Gasteiger partial charge in [0, 0.05) is 24.2 Å². The third kappa shape index (κ3) is 2.83. The topological polar surface area (TPSA) is 89.3 Å². The van der Waals surface area contributed by atoms with E-state index in [0.717, 1.165) is 6.26 Å². The van der Waals surface area contributed by atoms with E-state index in [4.69, 9.17) is 16.7 Å². The van der Waals surface area contributed by atoms with Gasteiger partial charge in [-0.2, -0.15) is 5.10 Å². The lowest BCUT2D eigenvalue weighted by molar-refractivity contribution is 0.0697. The molecule has 0 aliphatic carbocycles. The summed E-state index contributed by atoms with van der Waals surface area (Å²) in [5, 5.41) is 12.9. The summed E-state index contributed by atoms with van der Waals surface area (Å²) in [4.78, 5) is 11.1. The molecular weight excluding hydrogens is 304 g/mol. The highest BCUT2D eigenvalue weighted by atomic mass is 35.5. The van der Waals surface area contributed by atoms with E-state index in [1.54, 1.807) is 12.3 Å². The van der Waals surface area contributed by atoms with Crippen LogP contribution < -0.4 is 0 Å². The van der Waals surface area contributed by atoms with Crippen molar-refractivity contribution in [2.75, 3.05) is 6.26 Å². The van der Waals surface area contributed by atoms with Crippen molar-refractivity contribution in [3.63, 3.8) is 0 Å². The van der Waals surface area contributed by atoms with Crippen molar-refractivity contribution >= 4 is 27.4 Å². The van der Waals surface area contributed by atoms with Crippen molar-refractivity contribution in [2.45, 2.75) is 11.4 Å². The van der Waals surface area contributed by atoms with Crippen LogP contribution in [0.4, 0.5) is 0 Å². The van der Waals surface area contributed by atoms with Gasteiger partial charge in [0.15, 0.2) is 9.84 Å². The number of hydrogen-bond donors (Lipinski definition) is 1. The molecule has 0 radical (unpaired) electrons. The van der Waals surface area contributed by atoms with Crippen LogP contribution in [0.2, 0.25) is 5.02 Å². The van der Waals surface area contributed by atoms with Gasteiger partial charge < -0.3 is 5.11 Å². The summed E-state index contributed by atoms with van der Waals surface area (Å²) in [6.45, 7) is 0.0787. The van der Waals surface area contributed by atoms with Gasteiger partial charge in [-0.3, -0.25) is 4.68 Å². The second kappa shape index (κ2) is 5.26. The average molecular weight is 315 g/mol. The Hall–Kier alpha value is -1.86. The van der Waals surface area contributed by atoms with Gasteiger partial charge in [-0.15, -0.1) is 0 Å². The molecule has 0 amide bonds. The summed E-state index contributed by atoms with van der Waals surface area (Å²) in [5.41, 5.74) is 0.0824. The van der Waals surface area contributed by atoms with E-state index in [-0.39, 0.29) is 27.6 Å². The molecule has 20 heavy (non-hydrogen) atoms. The van der Waals surface area contributed by atoms with Gasteiger partial charge in [0.2, 0.25) is 0 Å². The molecule has 0 aliphatic rings. The zero-order chi connectivity index (χ0) is 14.9. The SMILES string of the molecule is CS(=O)(=O)c1ccc(C(=O)O)c(Cl)c1Cn1cccn1. The van der Waals surface area contributed by atoms with Gasteiger partial charge in [-0.05, 0) is 18.2 Å². The molecule has 1 aromatic heterocycles. The molecule has 0 bridgehead atoms. The first-order valence-electron chi connectivity index (χ1n) is 5.53. The van der Waals surface area contributed by atoms with Crippen molar-refractivity contribution < 1.29 is 18.3 Å². The molecule has 0 saturated heterocycles. The van der Waals surface area contributed by atoms with Crippen molar-refractivity contribution in [2.24, 2.45) is 0 Å². The predicted molar refractivity (Wildman–Crippen MR) is 72.9 cm³/mol. The Labute approximate surface area is 120 Å². The maximum Gasteiger partial charge on any atom is 0.337 e. The van der Waals surface area contributed by atoms with Gasteiger partial charge >= 0.3 is 5.97 Å². The van der Waals surface area contributed by atoms with E-state index in [1.807, 2.05) is 0 Å². The van der Waals surface area contributed by atoms with Crippen LogP contribution in [-0.4, -0.2) is 35.5 Å². The quantitative estimate of drug-likeness (QED) is 0.927. The fourth-order valence-corrected chi connectivity index (χ4v) is 3.11. The van der Waals surface area contributed by atoms with E-state index in [2.05, 4.69) is 5.10 Å². The zero-order valence-electron chi connectivity index (χ0n) is 10.4. The Morgan fingerprint density at radius 1 is 1.45 bits per heavy atom. The highest BCUT2D eigenvalue weighted by molar-refractivity contribution is 7.90. The molecule has 1 heterocycles. The Morgan fingerprint density at radius 2 is 2.15 bits per heavy atom. The number of sulfone groups is 1. The summed E-state index contributed by atoms with van der Waals surface area (Å²) in [5.74, 6) is -1.21. The molecule has 8 heteroatoms. The number of halogens is 1. The normalized spacial score (nSPS) is 11.5.